The van der Waals surface area contributed by atoms with Gasteiger partial charge in [-0.15, -0.1) is 0 Å². The van der Waals surface area contributed by atoms with Crippen LogP contribution in [-0.4, -0.2) is 41.7 Å². The molecule has 4 aromatic rings. The van der Waals surface area contributed by atoms with E-state index in [4.69, 9.17) is 4.74 Å². The third kappa shape index (κ3) is 5.82. The molecule has 0 atom stereocenters. The van der Waals surface area contributed by atoms with Crippen molar-refractivity contribution in [2.75, 3.05) is 26.1 Å². The summed E-state index contributed by atoms with van der Waals surface area (Å²) in [5.74, 6) is 4.84. The van der Waals surface area contributed by atoms with Crippen molar-refractivity contribution in [3.8, 4) is 28.8 Å². The fraction of sp³-hybridized carbons (Fsp3) is 0.192. The Labute approximate surface area is 204 Å². The van der Waals surface area contributed by atoms with Crippen LogP contribution in [0, 0.1) is 11.8 Å². The Kier molecular flexibility index (Phi) is 7.22. The van der Waals surface area contributed by atoms with Gasteiger partial charge in [0.1, 0.15) is 17.8 Å². The molecule has 0 fully saturated rings. The summed E-state index contributed by atoms with van der Waals surface area (Å²) in [5.41, 5.74) is 2.81. The molecule has 7 nitrogen and oxygen atoms in total. The van der Waals surface area contributed by atoms with Gasteiger partial charge in [0.05, 0.1) is 31.1 Å². The molecule has 0 saturated carbocycles. The molecule has 0 spiro atoms. The molecule has 2 N–H and O–H groups in total. The number of alkyl halides is 3. The van der Waals surface area contributed by atoms with E-state index in [0.717, 1.165) is 47.2 Å². The normalized spacial score (nSPS) is 11.1. The number of H-pyrrole nitrogens is 1. The lowest BCUT2D eigenvalue weighted by molar-refractivity contribution is -0.139. The highest BCUT2D eigenvalue weighted by Crippen LogP contribution is 2.36. The van der Waals surface area contributed by atoms with Crippen molar-refractivity contribution in [1.29, 1.82) is 0 Å². The number of benzene rings is 1. The Balaban J connectivity index is 1.44. The molecule has 3 heterocycles. The quantitative estimate of drug-likeness (QED) is 0.375. The van der Waals surface area contributed by atoms with Crippen LogP contribution in [0.1, 0.15) is 16.8 Å². The van der Waals surface area contributed by atoms with Gasteiger partial charge in [0.15, 0.2) is 0 Å². The number of nitrogens with zero attached hydrogens (tertiary/aromatic N) is 2. The van der Waals surface area contributed by atoms with Gasteiger partial charge in [0.25, 0.3) is 0 Å². The minimum Gasteiger partial charge on any atom is -0.481 e. The van der Waals surface area contributed by atoms with E-state index >= 15 is 0 Å². The topological polar surface area (TPSA) is 89.1 Å². The van der Waals surface area contributed by atoms with Gasteiger partial charge < -0.3 is 19.8 Å². The Bertz CT molecular complexity index is 1450. The molecule has 10 heteroatoms. The average Bonchev–Trinajstić information content (AvgIpc) is 3.26. The molecule has 0 radical (unpaired) electrons. The minimum absolute atomic E-state index is 0.0216. The molecule has 1 amide bonds. The highest BCUT2D eigenvalue weighted by Gasteiger charge is 2.35. The zero-order valence-corrected chi connectivity index (χ0v) is 19.4. The van der Waals surface area contributed by atoms with Gasteiger partial charge in [-0.1, -0.05) is 30.2 Å². The van der Waals surface area contributed by atoms with E-state index < -0.39 is 23.5 Å². The maximum atomic E-state index is 13.2. The van der Waals surface area contributed by atoms with E-state index in [1.807, 2.05) is 24.3 Å². The number of amides is 1. The maximum Gasteiger partial charge on any atom is 0.421 e. The van der Waals surface area contributed by atoms with Gasteiger partial charge in [0.2, 0.25) is 11.8 Å². The second-order valence-electron chi connectivity index (χ2n) is 7.78. The van der Waals surface area contributed by atoms with Crippen LogP contribution in [0.5, 0.6) is 5.88 Å². The van der Waals surface area contributed by atoms with E-state index in [0.29, 0.717) is 12.2 Å². The van der Waals surface area contributed by atoms with Crippen molar-refractivity contribution in [3.05, 3.63) is 71.7 Å². The first-order chi connectivity index (χ1) is 17.3. The van der Waals surface area contributed by atoms with E-state index in [1.54, 1.807) is 25.4 Å². The number of anilines is 1. The van der Waals surface area contributed by atoms with E-state index in [2.05, 4.69) is 36.8 Å². The second kappa shape index (κ2) is 10.5. The van der Waals surface area contributed by atoms with Gasteiger partial charge in [-0.3, -0.25) is 4.79 Å². The summed E-state index contributed by atoms with van der Waals surface area (Å²) in [6, 6.07) is 12.0. The third-order valence-electron chi connectivity index (χ3n) is 5.20. The number of carbonyl (C=O) groups excluding carboxylic acids is 1. The highest BCUT2D eigenvalue weighted by atomic mass is 19.4. The smallest absolute Gasteiger partial charge is 0.421 e. The molecule has 4 rings (SSSR count). The highest BCUT2D eigenvalue weighted by molar-refractivity contribution is 5.92. The summed E-state index contributed by atoms with van der Waals surface area (Å²) in [6.07, 6.45) is -1.83. The van der Waals surface area contributed by atoms with Gasteiger partial charge in [-0.25, -0.2) is 9.97 Å². The number of hydrogen-bond acceptors (Lipinski definition) is 5. The summed E-state index contributed by atoms with van der Waals surface area (Å²) in [4.78, 5) is 23.6. The number of rotatable bonds is 6. The number of aromatic nitrogens is 3. The molecule has 3 aromatic heterocycles. The molecular weight excluding hydrogens is 473 g/mol. The Morgan fingerprint density at radius 1 is 1.06 bits per heavy atom. The van der Waals surface area contributed by atoms with Crippen molar-refractivity contribution in [2.24, 2.45) is 0 Å². The number of fused-ring (bicyclic) bond motifs is 1. The lowest BCUT2D eigenvalue weighted by atomic mass is 10.0. The average molecular weight is 494 g/mol. The van der Waals surface area contributed by atoms with E-state index in [1.165, 1.54) is 0 Å². The molecule has 36 heavy (non-hydrogen) atoms. The molecule has 0 aliphatic carbocycles. The molecule has 0 aliphatic rings. The van der Waals surface area contributed by atoms with Crippen molar-refractivity contribution in [3.63, 3.8) is 0 Å². The summed E-state index contributed by atoms with van der Waals surface area (Å²) in [5, 5.41) is 3.36. The standard InChI is InChI=1S/C26H21F3N4O3/c1-35-9-3-4-20-12-18-11-19(14-30-24(18)33-20)17-7-5-16(6-8-17)10-23(34)32-21-13-22(26(27,28)29)25(36-2)31-15-21/h5-8,11-15H,9-10H2,1-2H3,(H,30,33)(H,32,34). The maximum absolute atomic E-state index is 13.2. The van der Waals surface area contributed by atoms with Crippen molar-refractivity contribution in [2.45, 2.75) is 12.6 Å². The van der Waals surface area contributed by atoms with Crippen LogP contribution in [0.4, 0.5) is 18.9 Å². The predicted octanol–water partition coefficient (Wildman–Crippen LogP) is 4.83. The number of nitrogens with one attached hydrogen (secondary N) is 2. The van der Waals surface area contributed by atoms with Crippen LogP contribution < -0.4 is 10.1 Å². The Hall–Kier alpha value is -4.36. The number of methoxy groups -OCH3 is 2. The van der Waals surface area contributed by atoms with Gasteiger partial charge >= 0.3 is 6.18 Å². The molecular formula is C26H21F3N4O3. The molecule has 0 bridgehead atoms. The van der Waals surface area contributed by atoms with Gasteiger partial charge in [-0.05, 0) is 35.2 Å². The fourth-order valence-corrected chi connectivity index (χ4v) is 3.54. The summed E-state index contributed by atoms with van der Waals surface area (Å²) in [7, 11) is 2.68. The van der Waals surface area contributed by atoms with Crippen LogP contribution in [0.2, 0.25) is 0 Å². The summed E-state index contributed by atoms with van der Waals surface area (Å²) >= 11 is 0. The third-order valence-corrected chi connectivity index (χ3v) is 5.20. The van der Waals surface area contributed by atoms with Gasteiger partial charge in [0, 0.05) is 24.3 Å². The first-order valence-corrected chi connectivity index (χ1v) is 10.7. The number of ether oxygens (including phenoxy) is 2. The van der Waals surface area contributed by atoms with Crippen LogP contribution >= 0.6 is 0 Å². The first-order valence-electron chi connectivity index (χ1n) is 10.7. The monoisotopic (exact) mass is 494 g/mol. The number of pyridine rings is 2. The van der Waals surface area contributed by atoms with Crippen molar-refractivity contribution < 1.29 is 27.4 Å². The molecule has 0 unspecified atom stereocenters. The molecule has 1 aromatic carbocycles. The molecule has 184 valence electrons. The first kappa shape index (κ1) is 24.8. The zero-order valence-electron chi connectivity index (χ0n) is 19.4. The summed E-state index contributed by atoms with van der Waals surface area (Å²) < 4.78 is 49.1. The van der Waals surface area contributed by atoms with Gasteiger partial charge in [-0.2, -0.15) is 13.2 Å². The molecule has 0 saturated heterocycles. The number of carbonyl (C=O) groups is 1. The largest absolute Gasteiger partial charge is 0.481 e. The van der Waals surface area contributed by atoms with Crippen LogP contribution in [0.15, 0.2) is 54.9 Å². The number of hydrogen-bond donors (Lipinski definition) is 2. The SMILES string of the molecule is COCC#Cc1cc2cc(-c3ccc(CC(=O)Nc4cnc(OC)c(C(F)(F)F)c4)cc3)cnc2[nH]1. The van der Waals surface area contributed by atoms with Crippen LogP contribution in [0.3, 0.4) is 0 Å². The Morgan fingerprint density at radius 2 is 1.83 bits per heavy atom. The second-order valence-corrected chi connectivity index (χ2v) is 7.78. The van der Waals surface area contributed by atoms with Crippen LogP contribution in [0.25, 0.3) is 22.2 Å². The summed E-state index contributed by atoms with van der Waals surface area (Å²) in [6.45, 7) is 0.337. The Morgan fingerprint density at radius 3 is 2.53 bits per heavy atom. The van der Waals surface area contributed by atoms with Crippen LogP contribution in [-0.2, 0) is 22.1 Å². The van der Waals surface area contributed by atoms with E-state index in [-0.39, 0.29) is 12.1 Å². The zero-order chi connectivity index (χ0) is 25.7. The number of aromatic amines is 1. The molecule has 0 aliphatic heterocycles. The lowest BCUT2D eigenvalue weighted by Crippen LogP contribution is -2.16. The number of halogens is 3. The lowest BCUT2D eigenvalue weighted by Gasteiger charge is -2.13. The van der Waals surface area contributed by atoms with Crippen molar-refractivity contribution in [1.82, 2.24) is 15.0 Å². The van der Waals surface area contributed by atoms with Crippen molar-refractivity contribution >= 4 is 22.6 Å². The minimum atomic E-state index is -4.66. The predicted molar refractivity (Wildman–Crippen MR) is 128 cm³/mol. The van der Waals surface area contributed by atoms with E-state index in [9.17, 15) is 18.0 Å². The fourth-order valence-electron chi connectivity index (χ4n) is 3.54.